The summed E-state index contributed by atoms with van der Waals surface area (Å²) in [6.45, 7) is 4.00. The molecule has 74 heavy (non-hydrogen) atoms. The van der Waals surface area contributed by atoms with Crippen molar-refractivity contribution < 1.29 is 24.2 Å². The zero-order valence-corrected chi connectivity index (χ0v) is 47.8. The van der Waals surface area contributed by atoms with Gasteiger partial charge in [0.2, 0.25) is 0 Å². The van der Waals surface area contributed by atoms with Gasteiger partial charge in [0.1, 0.15) is 6.61 Å². The average Bonchev–Trinajstić information content (AvgIpc) is 3.40. The molecule has 0 saturated heterocycles. The molecule has 0 aromatic carbocycles. The molecule has 0 radical (unpaired) electrons. The molecule has 0 aliphatic heterocycles. The number of aliphatic hydroxyl groups excluding tert-OH is 1. The van der Waals surface area contributed by atoms with Gasteiger partial charge in [-0.2, -0.15) is 0 Å². The minimum absolute atomic E-state index is 0.0762. The standard InChI is InChI=1S/C69H112O5/c1-3-5-7-9-11-13-15-17-19-21-23-24-25-26-27-28-29-30-31-32-33-34-35-36-37-38-39-40-41-42-43-44-46-48-50-52-54-56-58-60-62-64-69(72)74-67(65-70)66-73-68(71)63-61-59-57-55-53-51-49-47-45-22-20-18-16-14-12-10-8-6-4-2/h5,7,11-14,17-20,23-24,26-27,29-30,32-33,35-36,38-39,41-42,67,70H,3-4,6,8-10,15-16,21-22,25,28,31,34,37,40,43-66H2,1-2H3/b7-5-,13-11-,14-12-,19-17-,20-18-,24-23-,27-26-,30-29-,33-32-,36-35-,39-38-,42-41-. The molecule has 1 N–H and O–H groups in total. The number of hydrogen-bond donors (Lipinski definition) is 1. The van der Waals surface area contributed by atoms with Crippen molar-refractivity contribution in [1.29, 1.82) is 0 Å². The third kappa shape index (κ3) is 60.3. The van der Waals surface area contributed by atoms with Gasteiger partial charge in [0, 0.05) is 12.8 Å². The Kier molecular flexibility index (Phi) is 59.5. The minimum Gasteiger partial charge on any atom is -0.462 e. The Bertz CT molecular complexity index is 1580. The quantitative estimate of drug-likeness (QED) is 0.0373. The summed E-state index contributed by atoms with van der Waals surface area (Å²) in [5, 5.41) is 9.66. The Labute approximate surface area is 457 Å². The molecule has 0 saturated carbocycles. The van der Waals surface area contributed by atoms with Gasteiger partial charge in [-0.1, -0.05) is 269 Å². The topological polar surface area (TPSA) is 72.8 Å². The molecule has 1 unspecified atom stereocenters. The summed E-state index contributed by atoms with van der Waals surface area (Å²) in [4.78, 5) is 24.5. The van der Waals surface area contributed by atoms with Crippen LogP contribution in [0.5, 0.6) is 0 Å². The lowest BCUT2D eigenvalue weighted by Crippen LogP contribution is -2.28. The summed E-state index contributed by atoms with van der Waals surface area (Å²) in [6.07, 6.45) is 95.4. The largest absolute Gasteiger partial charge is 0.462 e. The van der Waals surface area contributed by atoms with Crippen molar-refractivity contribution in [3.63, 3.8) is 0 Å². The van der Waals surface area contributed by atoms with E-state index in [-0.39, 0.29) is 25.2 Å². The van der Waals surface area contributed by atoms with E-state index in [4.69, 9.17) is 9.47 Å². The molecular formula is C69H112O5. The summed E-state index contributed by atoms with van der Waals surface area (Å²) in [6, 6.07) is 0. The summed E-state index contributed by atoms with van der Waals surface area (Å²) in [5.41, 5.74) is 0. The molecule has 0 amide bonds. The van der Waals surface area contributed by atoms with Gasteiger partial charge >= 0.3 is 11.9 Å². The molecule has 0 bridgehead atoms. The second-order valence-corrected chi connectivity index (χ2v) is 19.7. The fourth-order valence-electron chi connectivity index (χ4n) is 8.08. The number of carbonyl (C=O) groups excluding carboxylic acids is 2. The van der Waals surface area contributed by atoms with Crippen LogP contribution >= 0.6 is 0 Å². The molecule has 1 atom stereocenters. The van der Waals surface area contributed by atoms with Gasteiger partial charge in [-0.25, -0.2) is 0 Å². The van der Waals surface area contributed by atoms with Gasteiger partial charge in [0.15, 0.2) is 6.10 Å². The lowest BCUT2D eigenvalue weighted by atomic mass is 10.0. The highest BCUT2D eigenvalue weighted by Gasteiger charge is 2.16. The number of aliphatic hydroxyl groups is 1. The molecule has 0 spiro atoms. The smallest absolute Gasteiger partial charge is 0.306 e. The first-order valence-electron chi connectivity index (χ1n) is 30.4. The molecular weight excluding hydrogens is 909 g/mol. The average molecular weight is 1020 g/mol. The normalized spacial score (nSPS) is 13.3. The van der Waals surface area contributed by atoms with Crippen molar-refractivity contribution in [3.05, 3.63) is 146 Å². The van der Waals surface area contributed by atoms with E-state index in [1.165, 1.54) is 122 Å². The van der Waals surface area contributed by atoms with Gasteiger partial charge in [-0.15, -0.1) is 0 Å². The van der Waals surface area contributed by atoms with Crippen molar-refractivity contribution in [2.24, 2.45) is 0 Å². The van der Waals surface area contributed by atoms with Crippen LogP contribution in [0.15, 0.2) is 146 Å². The van der Waals surface area contributed by atoms with Crippen LogP contribution in [0.4, 0.5) is 0 Å². The van der Waals surface area contributed by atoms with Gasteiger partial charge in [0.05, 0.1) is 6.61 Å². The van der Waals surface area contributed by atoms with Crippen molar-refractivity contribution >= 4 is 11.9 Å². The highest BCUT2D eigenvalue weighted by molar-refractivity contribution is 5.70. The van der Waals surface area contributed by atoms with Gasteiger partial charge in [-0.05, 0) is 122 Å². The second kappa shape index (κ2) is 63.1. The Morgan fingerprint density at radius 2 is 0.581 bits per heavy atom. The number of carbonyl (C=O) groups is 2. The Hall–Kier alpha value is -4.22. The molecule has 0 aromatic heterocycles. The molecule has 0 aliphatic rings. The third-order valence-electron chi connectivity index (χ3n) is 12.6. The SMILES string of the molecule is CC/C=C\C/C=C\C/C=C\C/C=C\C/C=C\C/C=C\C/C=C\C/C=C\C/C=C\C/C=C\CCCCCCCCCCCCC(=O)OC(CO)COC(=O)CCCCCCCCCCC/C=C\C/C=C\CCCCC. The molecule has 0 aromatic rings. The van der Waals surface area contributed by atoms with Crippen LogP contribution in [-0.2, 0) is 19.1 Å². The predicted molar refractivity (Wildman–Crippen MR) is 324 cm³/mol. The summed E-state index contributed by atoms with van der Waals surface area (Å²) in [5.74, 6) is -0.604. The maximum atomic E-state index is 12.3. The number of unbranched alkanes of at least 4 members (excludes halogenated alkanes) is 22. The lowest BCUT2D eigenvalue weighted by molar-refractivity contribution is -0.161. The monoisotopic (exact) mass is 1020 g/mol. The van der Waals surface area contributed by atoms with Crippen LogP contribution in [-0.4, -0.2) is 36.4 Å². The van der Waals surface area contributed by atoms with E-state index >= 15 is 0 Å². The number of allylic oxidation sites excluding steroid dienone is 24. The van der Waals surface area contributed by atoms with E-state index in [9.17, 15) is 14.7 Å². The Balaban J connectivity index is 3.58. The molecule has 5 heteroatoms. The van der Waals surface area contributed by atoms with Gasteiger partial charge in [0.25, 0.3) is 0 Å². The number of esters is 2. The summed E-state index contributed by atoms with van der Waals surface area (Å²) < 4.78 is 10.7. The highest BCUT2D eigenvalue weighted by atomic mass is 16.6. The van der Waals surface area contributed by atoms with Crippen LogP contribution in [0.25, 0.3) is 0 Å². The summed E-state index contributed by atoms with van der Waals surface area (Å²) in [7, 11) is 0. The fourth-order valence-corrected chi connectivity index (χ4v) is 8.08. The first-order valence-corrected chi connectivity index (χ1v) is 30.4. The van der Waals surface area contributed by atoms with Crippen molar-refractivity contribution in [2.75, 3.05) is 13.2 Å². The van der Waals surface area contributed by atoms with Gasteiger partial charge < -0.3 is 14.6 Å². The maximum absolute atomic E-state index is 12.3. The molecule has 5 nitrogen and oxygen atoms in total. The predicted octanol–water partition coefficient (Wildman–Crippen LogP) is 21.0. The molecule has 418 valence electrons. The number of rotatable bonds is 54. The van der Waals surface area contributed by atoms with E-state index in [0.717, 1.165) is 109 Å². The third-order valence-corrected chi connectivity index (χ3v) is 12.6. The zero-order chi connectivity index (χ0) is 53.4. The number of ether oxygens (including phenoxy) is 2. The van der Waals surface area contributed by atoms with Crippen molar-refractivity contribution in [1.82, 2.24) is 0 Å². The van der Waals surface area contributed by atoms with Crippen LogP contribution < -0.4 is 0 Å². The van der Waals surface area contributed by atoms with E-state index < -0.39 is 6.10 Å². The van der Waals surface area contributed by atoms with Crippen molar-refractivity contribution in [2.45, 2.75) is 264 Å². The molecule has 0 fully saturated rings. The van der Waals surface area contributed by atoms with Gasteiger partial charge in [-0.3, -0.25) is 9.59 Å². The van der Waals surface area contributed by atoms with Crippen LogP contribution in [0.2, 0.25) is 0 Å². The van der Waals surface area contributed by atoms with Crippen LogP contribution in [0.1, 0.15) is 258 Å². The van der Waals surface area contributed by atoms with Crippen LogP contribution in [0.3, 0.4) is 0 Å². The minimum atomic E-state index is -0.786. The molecule has 0 heterocycles. The first kappa shape index (κ1) is 69.8. The van der Waals surface area contributed by atoms with E-state index in [0.29, 0.717) is 12.8 Å². The molecule has 0 rings (SSSR count). The van der Waals surface area contributed by atoms with Crippen LogP contribution in [0, 0.1) is 0 Å². The van der Waals surface area contributed by atoms with E-state index in [1.54, 1.807) is 0 Å². The lowest BCUT2D eigenvalue weighted by Gasteiger charge is -2.15. The van der Waals surface area contributed by atoms with E-state index in [2.05, 4.69) is 160 Å². The summed E-state index contributed by atoms with van der Waals surface area (Å²) >= 11 is 0. The first-order chi connectivity index (χ1) is 36.6. The van der Waals surface area contributed by atoms with E-state index in [1.807, 2.05) is 0 Å². The Morgan fingerprint density at radius 1 is 0.324 bits per heavy atom. The fraction of sp³-hybridized carbons (Fsp3) is 0.623. The Morgan fingerprint density at radius 3 is 0.878 bits per heavy atom. The number of hydrogen-bond acceptors (Lipinski definition) is 5. The highest BCUT2D eigenvalue weighted by Crippen LogP contribution is 2.15. The molecule has 0 aliphatic carbocycles. The maximum Gasteiger partial charge on any atom is 0.306 e. The zero-order valence-electron chi connectivity index (χ0n) is 47.8. The second-order valence-electron chi connectivity index (χ2n) is 19.7. The van der Waals surface area contributed by atoms with Crippen molar-refractivity contribution in [3.8, 4) is 0 Å².